The van der Waals surface area contributed by atoms with Crippen LogP contribution in [0.4, 0.5) is 13.2 Å². The topological polar surface area (TPSA) is 67.2 Å². The van der Waals surface area contributed by atoms with Gasteiger partial charge in [-0.2, -0.15) is 13.2 Å². The van der Waals surface area contributed by atoms with Gasteiger partial charge in [0.15, 0.2) is 11.5 Å². The summed E-state index contributed by atoms with van der Waals surface area (Å²) in [6.45, 7) is -0.105. The van der Waals surface area contributed by atoms with E-state index in [4.69, 9.17) is 0 Å². The zero-order valence-electron chi connectivity index (χ0n) is 12.6. The van der Waals surface area contributed by atoms with Crippen molar-refractivity contribution < 1.29 is 18.0 Å². The van der Waals surface area contributed by atoms with Gasteiger partial charge in [-0.25, -0.2) is 4.98 Å². The molecule has 0 saturated carbocycles. The normalized spacial score (nSPS) is 16.4. The van der Waals surface area contributed by atoms with Gasteiger partial charge in [-0.05, 0) is 12.1 Å². The van der Waals surface area contributed by atoms with Crippen molar-refractivity contribution >= 4 is 5.91 Å². The number of piperazine rings is 1. The van der Waals surface area contributed by atoms with Gasteiger partial charge in [0.25, 0.3) is 5.91 Å². The van der Waals surface area contributed by atoms with E-state index in [-0.39, 0.29) is 37.8 Å². The number of alkyl halides is 3. The highest BCUT2D eigenvalue weighted by Crippen LogP contribution is 2.18. The van der Waals surface area contributed by atoms with Gasteiger partial charge in [-0.1, -0.05) is 0 Å². The van der Waals surface area contributed by atoms with Crippen LogP contribution in [0.25, 0.3) is 5.82 Å². The third-order valence-corrected chi connectivity index (χ3v) is 3.70. The number of carbonyl (C=O) groups is 1. The van der Waals surface area contributed by atoms with Gasteiger partial charge in [0.05, 0.1) is 6.54 Å². The Morgan fingerprint density at radius 2 is 1.88 bits per heavy atom. The number of nitrogens with zero attached hydrogens (tertiary/aromatic N) is 6. The molecule has 0 unspecified atom stereocenters. The highest BCUT2D eigenvalue weighted by Gasteiger charge is 2.33. The fourth-order valence-corrected chi connectivity index (χ4v) is 2.50. The van der Waals surface area contributed by atoms with E-state index in [1.165, 1.54) is 9.80 Å². The van der Waals surface area contributed by atoms with Crippen LogP contribution >= 0.6 is 0 Å². The van der Waals surface area contributed by atoms with Gasteiger partial charge in [0, 0.05) is 38.6 Å². The number of amides is 1. The molecule has 0 bridgehead atoms. The molecule has 3 heterocycles. The number of imidazole rings is 1. The Morgan fingerprint density at radius 3 is 2.42 bits per heavy atom. The van der Waals surface area contributed by atoms with Gasteiger partial charge < -0.3 is 4.90 Å². The summed E-state index contributed by atoms with van der Waals surface area (Å²) in [5.74, 6) is 0.199. The summed E-state index contributed by atoms with van der Waals surface area (Å²) >= 11 is 0. The van der Waals surface area contributed by atoms with Gasteiger partial charge in [-0.15, -0.1) is 10.2 Å². The van der Waals surface area contributed by atoms with Crippen molar-refractivity contribution in [3.63, 3.8) is 0 Å². The molecule has 10 heteroatoms. The molecule has 24 heavy (non-hydrogen) atoms. The molecular formula is C14H15F3N6O. The van der Waals surface area contributed by atoms with Gasteiger partial charge in [-0.3, -0.25) is 14.3 Å². The number of hydrogen-bond donors (Lipinski definition) is 0. The number of hydrogen-bond acceptors (Lipinski definition) is 5. The van der Waals surface area contributed by atoms with Crippen molar-refractivity contribution in [1.29, 1.82) is 0 Å². The number of rotatable bonds is 3. The van der Waals surface area contributed by atoms with Crippen molar-refractivity contribution in [2.75, 3.05) is 32.7 Å². The lowest BCUT2D eigenvalue weighted by Gasteiger charge is -2.34. The van der Waals surface area contributed by atoms with Crippen LogP contribution < -0.4 is 0 Å². The molecule has 1 aliphatic rings. The Morgan fingerprint density at radius 1 is 1.12 bits per heavy atom. The zero-order chi connectivity index (χ0) is 17.2. The molecule has 2 aromatic heterocycles. The molecule has 1 fully saturated rings. The van der Waals surface area contributed by atoms with E-state index in [9.17, 15) is 18.0 Å². The van der Waals surface area contributed by atoms with E-state index in [0.717, 1.165) is 0 Å². The van der Waals surface area contributed by atoms with Crippen LogP contribution in [0.2, 0.25) is 0 Å². The van der Waals surface area contributed by atoms with E-state index in [1.54, 1.807) is 35.4 Å². The molecule has 7 nitrogen and oxygen atoms in total. The molecule has 0 atom stereocenters. The van der Waals surface area contributed by atoms with E-state index in [2.05, 4.69) is 15.2 Å². The Kier molecular flexibility index (Phi) is 4.47. The second kappa shape index (κ2) is 6.56. The highest BCUT2D eigenvalue weighted by molar-refractivity contribution is 5.92. The summed E-state index contributed by atoms with van der Waals surface area (Å²) in [5, 5.41) is 7.87. The van der Waals surface area contributed by atoms with Crippen molar-refractivity contribution in [2.24, 2.45) is 0 Å². The minimum atomic E-state index is -4.22. The average Bonchev–Trinajstić information content (AvgIpc) is 3.08. The third kappa shape index (κ3) is 3.88. The first-order chi connectivity index (χ1) is 11.4. The second-order valence-electron chi connectivity index (χ2n) is 5.43. The van der Waals surface area contributed by atoms with Crippen LogP contribution in [0.3, 0.4) is 0 Å². The Hall–Kier alpha value is -2.49. The van der Waals surface area contributed by atoms with Crippen molar-refractivity contribution in [3.8, 4) is 5.82 Å². The van der Waals surface area contributed by atoms with Crippen molar-refractivity contribution in [2.45, 2.75) is 6.18 Å². The van der Waals surface area contributed by atoms with Crippen LogP contribution in [0.15, 0.2) is 30.9 Å². The maximum absolute atomic E-state index is 12.4. The minimum Gasteiger partial charge on any atom is -0.335 e. The van der Waals surface area contributed by atoms with Crippen molar-refractivity contribution in [3.05, 3.63) is 36.5 Å². The summed E-state index contributed by atoms with van der Waals surface area (Å²) < 4.78 is 38.8. The first-order valence-electron chi connectivity index (χ1n) is 7.33. The van der Waals surface area contributed by atoms with Crippen molar-refractivity contribution in [1.82, 2.24) is 29.5 Å². The monoisotopic (exact) mass is 340 g/mol. The molecule has 1 saturated heterocycles. The molecule has 1 amide bonds. The standard InChI is InChI=1S/C14H15F3N6O/c15-14(16,17)9-21-5-7-22(8-6-21)13(24)11-1-2-12(20-19-11)23-4-3-18-10-23/h1-4,10H,5-9H2. The predicted molar refractivity (Wildman–Crippen MR) is 77.6 cm³/mol. The lowest BCUT2D eigenvalue weighted by atomic mass is 10.2. The molecule has 0 N–H and O–H groups in total. The SMILES string of the molecule is O=C(c1ccc(-n2ccnc2)nn1)N1CCN(CC(F)(F)F)CC1. The van der Waals surface area contributed by atoms with E-state index < -0.39 is 12.7 Å². The first-order valence-corrected chi connectivity index (χ1v) is 7.33. The lowest BCUT2D eigenvalue weighted by molar-refractivity contribution is -0.148. The predicted octanol–water partition coefficient (Wildman–Crippen LogP) is 0.982. The molecule has 0 aliphatic carbocycles. The minimum absolute atomic E-state index is 0.170. The number of aromatic nitrogens is 4. The average molecular weight is 340 g/mol. The van der Waals surface area contributed by atoms with E-state index in [0.29, 0.717) is 5.82 Å². The van der Waals surface area contributed by atoms with Gasteiger partial charge >= 0.3 is 6.18 Å². The van der Waals surface area contributed by atoms with Gasteiger partial charge in [0.2, 0.25) is 0 Å². The summed E-state index contributed by atoms with van der Waals surface area (Å²) in [7, 11) is 0. The van der Waals surface area contributed by atoms with Crippen LogP contribution in [-0.4, -0.2) is 74.4 Å². The molecule has 2 aromatic rings. The number of halogens is 3. The van der Waals surface area contributed by atoms with Crippen LogP contribution in [0, 0.1) is 0 Å². The quantitative estimate of drug-likeness (QED) is 0.833. The Labute approximate surface area is 135 Å². The maximum atomic E-state index is 12.4. The molecule has 3 rings (SSSR count). The molecule has 0 spiro atoms. The summed E-state index contributed by atoms with van der Waals surface area (Å²) in [4.78, 5) is 19.0. The summed E-state index contributed by atoms with van der Waals surface area (Å²) in [6, 6.07) is 3.19. The van der Waals surface area contributed by atoms with Crippen LogP contribution in [0.5, 0.6) is 0 Å². The molecular weight excluding hydrogens is 325 g/mol. The van der Waals surface area contributed by atoms with Crippen LogP contribution in [0.1, 0.15) is 10.5 Å². The smallest absolute Gasteiger partial charge is 0.335 e. The van der Waals surface area contributed by atoms with Gasteiger partial charge in [0.1, 0.15) is 6.33 Å². The van der Waals surface area contributed by atoms with E-state index in [1.807, 2.05) is 0 Å². The highest BCUT2D eigenvalue weighted by atomic mass is 19.4. The Bertz CT molecular complexity index is 678. The second-order valence-corrected chi connectivity index (χ2v) is 5.43. The lowest BCUT2D eigenvalue weighted by Crippen LogP contribution is -2.51. The Balaban J connectivity index is 1.59. The van der Waals surface area contributed by atoms with Crippen LogP contribution in [-0.2, 0) is 0 Å². The first kappa shape index (κ1) is 16.4. The fraction of sp³-hybridized carbons (Fsp3) is 0.429. The maximum Gasteiger partial charge on any atom is 0.401 e. The number of carbonyl (C=O) groups excluding carboxylic acids is 1. The zero-order valence-corrected chi connectivity index (χ0v) is 12.6. The van der Waals surface area contributed by atoms with E-state index >= 15 is 0 Å². The largest absolute Gasteiger partial charge is 0.401 e. The molecule has 0 aromatic carbocycles. The third-order valence-electron chi connectivity index (χ3n) is 3.70. The summed E-state index contributed by atoms with van der Waals surface area (Å²) in [6.07, 6.45) is 0.638. The molecule has 128 valence electrons. The summed E-state index contributed by atoms with van der Waals surface area (Å²) in [5.41, 5.74) is 0.170. The molecule has 1 aliphatic heterocycles. The fourth-order valence-electron chi connectivity index (χ4n) is 2.50. The molecule has 0 radical (unpaired) electrons.